The summed E-state index contributed by atoms with van der Waals surface area (Å²) in [5.74, 6) is 0.221. The topological polar surface area (TPSA) is 72.4 Å². The number of nitrogens with zero attached hydrogens (tertiary/aromatic N) is 3. The average molecular weight is 344 g/mol. The average Bonchev–Trinajstić information content (AvgIpc) is 2.88. The third-order valence-corrected chi connectivity index (χ3v) is 2.69. The van der Waals surface area contributed by atoms with Crippen molar-refractivity contribution in [2.24, 2.45) is 12.1 Å². The second-order valence-electron chi connectivity index (χ2n) is 3.21. The highest BCUT2D eigenvalue weighted by molar-refractivity contribution is 14.1. The SMILES string of the molecule is Cn1cc(I)c(C(=O)N/N=C/c2ccco2)n1. The first-order valence-corrected chi connectivity index (χ1v) is 5.81. The predicted octanol–water partition coefficient (Wildman–Crippen LogP) is 1.38. The number of nitrogens with one attached hydrogen (secondary N) is 1. The number of hydrogen-bond acceptors (Lipinski definition) is 4. The lowest BCUT2D eigenvalue weighted by molar-refractivity contribution is 0.0948. The van der Waals surface area contributed by atoms with Crippen LogP contribution in [0.15, 0.2) is 34.1 Å². The molecule has 88 valence electrons. The molecule has 7 heteroatoms. The molecule has 0 aliphatic heterocycles. The zero-order chi connectivity index (χ0) is 12.3. The van der Waals surface area contributed by atoms with E-state index in [-0.39, 0.29) is 5.91 Å². The predicted molar refractivity (Wildman–Crippen MR) is 69.7 cm³/mol. The molecule has 0 fully saturated rings. The number of hydrogen-bond donors (Lipinski definition) is 1. The van der Waals surface area contributed by atoms with Crippen LogP contribution in [-0.2, 0) is 7.05 Å². The Balaban J connectivity index is 2.00. The summed E-state index contributed by atoms with van der Waals surface area (Å²) in [7, 11) is 1.76. The van der Waals surface area contributed by atoms with Gasteiger partial charge in [0.1, 0.15) is 5.76 Å². The number of furan rings is 1. The van der Waals surface area contributed by atoms with Crippen molar-refractivity contribution in [3.8, 4) is 0 Å². The Morgan fingerprint density at radius 1 is 1.71 bits per heavy atom. The van der Waals surface area contributed by atoms with Gasteiger partial charge >= 0.3 is 0 Å². The van der Waals surface area contributed by atoms with Gasteiger partial charge in [0, 0.05) is 13.2 Å². The van der Waals surface area contributed by atoms with Gasteiger partial charge in [0.2, 0.25) is 0 Å². The molecule has 2 aromatic heterocycles. The molecule has 0 bridgehead atoms. The minimum absolute atomic E-state index is 0.349. The molecule has 0 aliphatic rings. The first-order valence-electron chi connectivity index (χ1n) is 4.73. The molecular formula is C10H9IN4O2. The van der Waals surface area contributed by atoms with E-state index in [0.717, 1.165) is 3.57 Å². The van der Waals surface area contributed by atoms with Gasteiger partial charge in [0.25, 0.3) is 5.91 Å². The van der Waals surface area contributed by atoms with E-state index in [4.69, 9.17) is 4.42 Å². The summed E-state index contributed by atoms with van der Waals surface area (Å²) in [4.78, 5) is 11.7. The van der Waals surface area contributed by atoms with E-state index < -0.39 is 0 Å². The Morgan fingerprint density at radius 3 is 3.12 bits per heavy atom. The van der Waals surface area contributed by atoms with Gasteiger partial charge in [-0.1, -0.05) is 0 Å². The maximum Gasteiger partial charge on any atom is 0.292 e. The van der Waals surface area contributed by atoms with Gasteiger partial charge in [-0.2, -0.15) is 10.2 Å². The summed E-state index contributed by atoms with van der Waals surface area (Å²) >= 11 is 2.04. The van der Waals surface area contributed by atoms with Crippen LogP contribution >= 0.6 is 22.6 Å². The van der Waals surface area contributed by atoms with Gasteiger partial charge in [0.05, 0.1) is 16.0 Å². The van der Waals surface area contributed by atoms with Crippen molar-refractivity contribution in [1.82, 2.24) is 15.2 Å². The minimum atomic E-state index is -0.349. The first-order chi connectivity index (χ1) is 8.16. The molecule has 0 radical (unpaired) electrons. The third kappa shape index (κ3) is 2.93. The monoisotopic (exact) mass is 344 g/mol. The Morgan fingerprint density at radius 2 is 2.53 bits per heavy atom. The van der Waals surface area contributed by atoms with Crippen LogP contribution in [-0.4, -0.2) is 21.9 Å². The van der Waals surface area contributed by atoms with E-state index in [1.165, 1.54) is 12.5 Å². The number of aromatic nitrogens is 2. The van der Waals surface area contributed by atoms with Crippen molar-refractivity contribution < 1.29 is 9.21 Å². The lowest BCUT2D eigenvalue weighted by Crippen LogP contribution is -2.19. The van der Waals surface area contributed by atoms with Crippen LogP contribution in [0.25, 0.3) is 0 Å². The normalized spacial score (nSPS) is 10.9. The molecule has 1 N–H and O–H groups in total. The fourth-order valence-electron chi connectivity index (χ4n) is 1.19. The van der Waals surface area contributed by atoms with Crippen LogP contribution in [0.5, 0.6) is 0 Å². The van der Waals surface area contributed by atoms with Gasteiger partial charge in [-0.3, -0.25) is 9.48 Å². The molecule has 0 saturated carbocycles. The van der Waals surface area contributed by atoms with Gasteiger partial charge in [0.15, 0.2) is 5.69 Å². The number of aryl methyl sites for hydroxylation is 1. The van der Waals surface area contributed by atoms with Gasteiger partial charge in [-0.25, -0.2) is 5.43 Å². The van der Waals surface area contributed by atoms with E-state index in [1.54, 1.807) is 30.1 Å². The van der Waals surface area contributed by atoms with Crippen LogP contribution in [0.2, 0.25) is 0 Å². The summed E-state index contributed by atoms with van der Waals surface area (Å²) < 4.78 is 7.38. The second kappa shape index (κ2) is 5.13. The van der Waals surface area contributed by atoms with Gasteiger partial charge < -0.3 is 4.42 Å². The van der Waals surface area contributed by atoms with E-state index in [0.29, 0.717) is 11.5 Å². The van der Waals surface area contributed by atoms with Crippen LogP contribution in [0.3, 0.4) is 0 Å². The molecular weight excluding hydrogens is 335 g/mol. The second-order valence-corrected chi connectivity index (χ2v) is 4.38. The maximum absolute atomic E-state index is 11.7. The van der Waals surface area contributed by atoms with Crippen molar-refractivity contribution in [3.63, 3.8) is 0 Å². The fraction of sp³-hybridized carbons (Fsp3) is 0.100. The molecule has 1 amide bonds. The first kappa shape index (κ1) is 11.8. The summed E-state index contributed by atoms with van der Waals surface area (Å²) in [6, 6.07) is 3.48. The maximum atomic E-state index is 11.7. The molecule has 0 unspecified atom stereocenters. The van der Waals surface area contributed by atoms with E-state index in [2.05, 4.69) is 15.6 Å². The van der Waals surface area contributed by atoms with E-state index in [9.17, 15) is 4.79 Å². The molecule has 0 atom stereocenters. The number of hydrazone groups is 1. The van der Waals surface area contributed by atoms with Crippen molar-refractivity contribution in [1.29, 1.82) is 0 Å². The summed E-state index contributed by atoms with van der Waals surface area (Å²) in [6.07, 6.45) is 4.71. The molecule has 2 aromatic rings. The highest BCUT2D eigenvalue weighted by atomic mass is 127. The minimum Gasteiger partial charge on any atom is -0.463 e. The standard InChI is InChI=1S/C10H9IN4O2/c1-15-6-8(11)9(14-15)10(16)13-12-5-7-3-2-4-17-7/h2-6H,1H3,(H,13,16)/b12-5+. The van der Waals surface area contributed by atoms with E-state index in [1.807, 2.05) is 22.6 Å². The molecule has 0 saturated heterocycles. The van der Waals surface area contributed by atoms with Crippen molar-refractivity contribution >= 4 is 34.7 Å². The molecule has 0 aromatic carbocycles. The highest BCUT2D eigenvalue weighted by Gasteiger charge is 2.13. The Kier molecular flexibility index (Phi) is 3.57. The Bertz CT molecular complexity index is 545. The van der Waals surface area contributed by atoms with Crippen LogP contribution < -0.4 is 5.43 Å². The Labute approximate surface area is 111 Å². The van der Waals surface area contributed by atoms with Crippen molar-refractivity contribution in [2.75, 3.05) is 0 Å². The third-order valence-electron chi connectivity index (χ3n) is 1.90. The van der Waals surface area contributed by atoms with Gasteiger partial charge in [-0.15, -0.1) is 0 Å². The van der Waals surface area contributed by atoms with Crippen LogP contribution in [0.1, 0.15) is 16.2 Å². The number of carbonyl (C=O) groups is 1. The summed E-state index contributed by atoms with van der Waals surface area (Å²) in [5, 5.41) is 7.80. The lowest BCUT2D eigenvalue weighted by atomic mass is 10.4. The van der Waals surface area contributed by atoms with Crippen molar-refractivity contribution in [3.05, 3.63) is 39.6 Å². The molecule has 2 rings (SSSR count). The number of rotatable bonds is 3. The smallest absolute Gasteiger partial charge is 0.292 e. The van der Waals surface area contributed by atoms with Gasteiger partial charge in [-0.05, 0) is 34.7 Å². The molecule has 0 aliphatic carbocycles. The Hall–Kier alpha value is -1.64. The molecule has 6 nitrogen and oxygen atoms in total. The summed E-state index contributed by atoms with van der Waals surface area (Å²) in [6.45, 7) is 0. The lowest BCUT2D eigenvalue weighted by Gasteiger charge is -1.95. The summed E-state index contributed by atoms with van der Waals surface area (Å²) in [5.41, 5.74) is 2.73. The quantitative estimate of drug-likeness (QED) is 0.520. The molecule has 0 spiro atoms. The molecule has 2 heterocycles. The molecule has 17 heavy (non-hydrogen) atoms. The van der Waals surface area contributed by atoms with Crippen LogP contribution in [0.4, 0.5) is 0 Å². The number of amides is 1. The fourth-order valence-corrected chi connectivity index (χ4v) is 1.94. The highest BCUT2D eigenvalue weighted by Crippen LogP contribution is 2.08. The van der Waals surface area contributed by atoms with Crippen molar-refractivity contribution in [2.45, 2.75) is 0 Å². The van der Waals surface area contributed by atoms with Crippen LogP contribution in [0, 0.1) is 3.57 Å². The largest absolute Gasteiger partial charge is 0.463 e. The number of halogens is 1. The number of carbonyl (C=O) groups excluding carboxylic acids is 1. The van der Waals surface area contributed by atoms with E-state index >= 15 is 0 Å². The zero-order valence-electron chi connectivity index (χ0n) is 8.92. The zero-order valence-corrected chi connectivity index (χ0v) is 11.1.